The van der Waals surface area contributed by atoms with Gasteiger partial charge in [-0.25, -0.2) is 4.98 Å². The molecule has 0 aliphatic rings. The van der Waals surface area contributed by atoms with E-state index in [9.17, 15) is 0 Å². The van der Waals surface area contributed by atoms with Crippen LogP contribution in [0.5, 0.6) is 0 Å². The first-order valence-corrected chi connectivity index (χ1v) is 5.78. The maximum absolute atomic E-state index is 5.86. The molecule has 0 saturated carbocycles. The average Bonchev–Trinajstić information content (AvgIpc) is 2.79. The van der Waals surface area contributed by atoms with Crippen LogP contribution in [0.25, 0.3) is 0 Å². The molecule has 0 aliphatic carbocycles. The highest BCUT2D eigenvalue weighted by molar-refractivity contribution is 5.77. The van der Waals surface area contributed by atoms with Gasteiger partial charge in [-0.2, -0.15) is 0 Å². The van der Waals surface area contributed by atoms with Crippen LogP contribution in [-0.2, 0) is 6.54 Å². The van der Waals surface area contributed by atoms with Crippen molar-refractivity contribution < 1.29 is 0 Å². The molecule has 0 radical (unpaired) electrons. The molecule has 0 bridgehead atoms. The summed E-state index contributed by atoms with van der Waals surface area (Å²) in [4.78, 5) is 10.4. The SMILES string of the molecule is CCN(CC)C(N)=NCCCn1ccnc1. The van der Waals surface area contributed by atoms with Gasteiger partial charge in [0.15, 0.2) is 5.96 Å². The molecule has 0 atom stereocenters. The number of aromatic nitrogens is 2. The number of hydrogen-bond acceptors (Lipinski definition) is 2. The number of nitrogens with zero attached hydrogens (tertiary/aromatic N) is 4. The summed E-state index contributed by atoms with van der Waals surface area (Å²) in [7, 11) is 0. The number of nitrogens with two attached hydrogens (primary N) is 1. The van der Waals surface area contributed by atoms with Crippen molar-refractivity contribution in [3.05, 3.63) is 18.7 Å². The largest absolute Gasteiger partial charge is 0.370 e. The lowest BCUT2D eigenvalue weighted by Gasteiger charge is -2.19. The third-order valence-corrected chi connectivity index (χ3v) is 2.49. The minimum absolute atomic E-state index is 0.649. The summed E-state index contributed by atoms with van der Waals surface area (Å²) in [5.74, 6) is 0.649. The fourth-order valence-corrected chi connectivity index (χ4v) is 1.51. The molecular formula is C11H21N5. The van der Waals surface area contributed by atoms with Crippen LogP contribution in [0.15, 0.2) is 23.7 Å². The summed E-state index contributed by atoms with van der Waals surface area (Å²) in [6, 6.07) is 0. The van der Waals surface area contributed by atoms with Crippen LogP contribution in [-0.4, -0.2) is 40.0 Å². The first-order chi connectivity index (χ1) is 7.77. The standard InChI is InChI=1S/C11H21N5/c1-3-16(4-2)11(12)14-6-5-8-15-9-7-13-10-15/h7,9-10H,3-6,8H2,1-2H3,(H2,12,14). The van der Waals surface area contributed by atoms with Crippen molar-refractivity contribution >= 4 is 5.96 Å². The summed E-state index contributed by atoms with van der Waals surface area (Å²) < 4.78 is 2.04. The Balaban J connectivity index is 2.25. The maximum atomic E-state index is 5.86. The molecule has 90 valence electrons. The Labute approximate surface area is 97.0 Å². The first-order valence-electron chi connectivity index (χ1n) is 5.78. The van der Waals surface area contributed by atoms with Crippen LogP contribution >= 0.6 is 0 Å². The van der Waals surface area contributed by atoms with E-state index in [-0.39, 0.29) is 0 Å². The van der Waals surface area contributed by atoms with E-state index in [1.807, 2.05) is 17.1 Å². The highest BCUT2D eigenvalue weighted by Gasteiger charge is 2.00. The van der Waals surface area contributed by atoms with Crippen LogP contribution < -0.4 is 5.73 Å². The second-order valence-electron chi connectivity index (χ2n) is 3.57. The highest BCUT2D eigenvalue weighted by Crippen LogP contribution is 1.92. The molecule has 0 fully saturated rings. The number of guanidine groups is 1. The van der Waals surface area contributed by atoms with E-state index in [0.29, 0.717) is 5.96 Å². The molecule has 1 heterocycles. The highest BCUT2D eigenvalue weighted by atomic mass is 15.2. The normalized spacial score (nSPS) is 11.8. The zero-order valence-corrected chi connectivity index (χ0v) is 10.1. The Morgan fingerprint density at radius 2 is 2.19 bits per heavy atom. The van der Waals surface area contributed by atoms with Crippen LogP contribution in [0.2, 0.25) is 0 Å². The van der Waals surface area contributed by atoms with E-state index in [0.717, 1.165) is 32.6 Å². The van der Waals surface area contributed by atoms with Gasteiger partial charge < -0.3 is 15.2 Å². The molecular weight excluding hydrogens is 202 g/mol. The predicted octanol–water partition coefficient (Wildman–Crippen LogP) is 0.930. The molecule has 5 heteroatoms. The van der Waals surface area contributed by atoms with Gasteiger partial charge in [-0.1, -0.05) is 0 Å². The van der Waals surface area contributed by atoms with Crippen molar-refractivity contribution in [3.63, 3.8) is 0 Å². The minimum atomic E-state index is 0.649. The average molecular weight is 223 g/mol. The monoisotopic (exact) mass is 223 g/mol. The van der Waals surface area contributed by atoms with Crippen molar-refractivity contribution in [2.75, 3.05) is 19.6 Å². The van der Waals surface area contributed by atoms with Gasteiger partial charge in [0, 0.05) is 38.6 Å². The van der Waals surface area contributed by atoms with Crippen molar-refractivity contribution in [2.24, 2.45) is 10.7 Å². The van der Waals surface area contributed by atoms with Crippen LogP contribution in [0, 0.1) is 0 Å². The number of aryl methyl sites for hydroxylation is 1. The van der Waals surface area contributed by atoms with Gasteiger partial charge >= 0.3 is 0 Å². The van der Waals surface area contributed by atoms with Gasteiger partial charge in [-0.15, -0.1) is 0 Å². The summed E-state index contributed by atoms with van der Waals surface area (Å²) in [5, 5.41) is 0. The van der Waals surface area contributed by atoms with Gasteiger partial charge in [-0.3, -0.25) is 4.99 Å². The van der Waals surface area contributed by atoms with Gasteiger partial charge in [0.2, 0.25) is 0 Å². The molecule has 1 aromatic heterocycles. The maximum Gasteiger partial charge on any atom is 0.191 e. The molecule has 5 nitrogen and oxygen atoms in total. The van der Waals surface area contributed by atoms with Crippen LogP contribution in [0.4, 0.5) is 0 Å². The topological polar surface area (TPSA) is 59.4 Å². The molecule has 0 saturated heterocycles. The minimum Gasteiger partial charge on any atom is -0.370 e. The molecule has 1 aromatic rings. The van der Waals surface area contributed by atoms with Crippen molar-refractivity contribution in [2.45, 2.75) is 26.8 Å². The Bertz CT molecular complexity index is 300. The van der Waals surface area contributed by atoms with Gasteiger partial charge in [0.1, 0.15) is 0 Å². The number of hydrogen-bond donors (Lipinski definition) is 1. The Kier molecular flexibility index (Phi) is 5.39. The summed E-state index contributed by atoms with van der Waals surface area (Å²) in [5.41, 5.74) is 5.86. The Hall–Kier alpha value is -1.52. The second-order valence-corrected chi connectivity index (χ2v) is 3.57. The number of rotatable bonds is 6. The van der Waals surface area contributed by atoms with Crippen LogP contribution in [0.3, 0.4) is 0 Å². The van der Waals surface area contributed by atoms with E-state index in [2.05, 4.69) is 28.7 Å². The fraction of sp³-hybridized carbons (Fsp3) is 0.636. The zero-order chi connectivity index (χ0) is 11.8. The predicted molar refractivity (Wildman–Crippen MR) is 66.3 cm³/mol. The molecule has 0 spiro atoms. The van der Waals surface area contributed by atoms with Crippen LogP contribution in [0.1, 0.15) is 20.3 Å². The van der Waals surface area contributed by atoms with E-state index in [4.69, 9.17) is 5.73 Å². The molecule has 0 aromatic carbocycles. The third kappa shape index (κ3) is 3.92. The van der Waals surface area contributed by atoms with E-state index >= 15 is 0 Å². The quantitative estimate of drug-likeness (QED) is 0.443. The molecule has 0 aliphatic heterocycles. The number of imidazole rings is 1. The lowest BCUT2D eigenvalue weighted by Crippen LogP contribution is -2.37. The van der Waals surface area contributed by atoms with Gasteiger partial charge in [-0.05, 0) is 20.3 Å². The molecule has 0 unspecified atom stereocenters. The lowest BCUT2D eigenvalue weighted by atomic mass is 10.4. The zero-order valence-electron chi connectivity index (χ0n) is 10.1. The summed E-state index contributed by atoms with van der Waals surface area (Å²) in [6.45, 7) is 7.69. The van der Waals surface area contributed by atoms with Gasteiger partial charge in [0.25, 0.3) is 0 Å². The van der Waals surface area contributed by atoms with Crippen molar-refractivity contribution in [3.8, 4) is 0 Å². The molecule has 16 heavy (non-hydrogen) atoms. The Morgan fingerprint density at radius 1 is 1.44 bits per heavy atom. The first kappa shape index (κ1) is 12.5. The number of aliphatic imine (C=N–C) groups is 1. The van der Waals surface area contributed by atoms with Crippen molar-refractivity contribution in [1.82, 2.24) is 14.5 Å². The Morgan fingerprint density at radius 3 is 2.75 bits per heavy atom. The lowest BCUT2D eigenvalue weighted by molar-refractivity contribution is 0.457. The molecule has 0 amide bonds. The molecule has 2 N–H and O–H groups in total. The van der Waals surface area contributed by atoms with E-state index in [1.54, 1.807) is 6.20 Å². The fourth-order valence-electron chi connectivity index (χ4n) is 1.51. The van der Waals surface area contributed by atoms with Gasteiger partial charge in [0.05, 0.1) is 6.33 Å². The third-order valence-electron chi connectivity index (χ3n) is 2.49. The van der Waals surface area contributed by atoms with Crippen molar-refractivity contribution in [1.29, 1.82) is 0 Å². The summed E-state index contributed by atoms with van der Waals surface area (Å²) >= 11 is 0. The van der Waals surface area contributed by atoms with E-state index in [1.165, 1.54) is 0 Å². The summed E-state index contributed by atoms with van der Waals surface area (Å²) in [6.07, 6.45) is 6.54. The van der Waals surface area contributed by atoms with E-state index < -0.39 is 0 Å². The smallest absolute Gasteiger partial charge is 0.191 e. The second kappa shape index (κ2) is 6.87. The molecule has 1 rings (SSSR count).